The molecule has 0 aliphatic rings. The Bertz CT molecular complexity index is 2620. The fourth-order valence-corrected chi connectivity index (χ4v) is 6.49. The quantitative estimate of drug-likeness (QED) is 0.194. The van der Waals surface area contributed by atoms with Gasteiger partial charge in [0.05, 0.1) is 0 Å². The number of hydrogen-bond donors (Lipinski definition) is 0. The zero-order chi connectivity index (χ0) is 31.9. The number of nitrogens with zero attached hydrogens (tertiary/aromatic N) is 3. The first-order valence-corrected chi connectivity index (χ1v) is 16.2. The van der Waals surface area contributed by atoms with Crippen LogP contribution in [0.2, 0.25) is 0 Å². The van der Waals surface area contributed by atoms with Gasteiger partial charge < -0.3 is 0 Å². The molecule has 0 spiro atoms. The first-order valence-electron chi connectivity index (χ1n) is 16.2. The molecule has 0 bridgehead atoms. The predicted molar refractivity (Wildman–Crippen MR) is 200 cm³/mol. The van der Waals surface area contributed by atoms with Gasteiger partial charge in [-0.2, -0.15) is 0 Å². The molecule has 1 heterocycles. The van der Waals surface area contributed by atoms with Crippen molar-refractivity contribution < 1.29 is 0 Å². The van der Waals surface area contributed by atoms with E-state index < -0.39 is 0 Å². The maximum atomic E-state index is 5.03. The van der Waals surface area contributed by atoms with Crippen molar-refractivity contribution in [1.29, 1.82) is 0 Å². The Morgan fingerprint density at radius 3 is 1.10 bits per heavy atom. The summed E-state index contributed by atoms with van der Waals surface area (Å²) in [7, 11) is 0. The summed E-state index contributed by atoms with van der Waals surface area (Å²) in [5.41, 5.74) is 7.56. The molecule has 8 aromatic carbocycles. The zero-order valence-corrected chi connectivity index (χ0v) is 26.1. The molecule has 224 valence electrons. The van der Waals surface area contributed by atoms with Gasteiger partial charge >= 0.3 is 0 Å². The zero-order valence-electron chi connectivity index (χ0n) is 26.1. The van der Waals surface area contributed by atoms with E-state index in [9.17, 15) is 0 Å². The lowest BCUT2D eigenvalue weighted by atomic mass is 9.96. The number of benzene rings is 8. The van der Waals surface area contributed by atoms with Gasteiger partial charge in [-0.3, -0.25) is 0 Å². The monoisotopic (exact) mass is 611 g/mol. The van der Waals surface area contributed by atoms with E-state index >= 15 is 0 Å². The predicted octanol–water partition coefficient (Wildman–Crippen LogP) is 11.7. The lowest BCUT2D eigenvalue weighted by Gasteiger charge is -2.11. The maximum absolute atomic E-state index is 5.03. The van der Waals surface area contributed by atoms with Crippen molar-refractivity contribution in [1.82, 2.24) is 15.0 Å². The fraction of sp³-hybridized carbons (Fsp3) is 0. The van der Waals surface area contributed by atoms with Crippen LogP contribution in [0.5, 0.6) is 0 Å². The summed E-state index contributed by atoms with van der Waals surface area (Å²) in [6, 6.07) is 61.9. The number of fused-ring (bicyclic) bond motifs is 3. The van der Waals surface area contributed by atoms with Crippen molar-refractivity contribution in [2.75, 3.05) is 0 Å². The van der Waals surface area contributed by atoms with Gasteiger partial charge in [0.2, 0.25) is 0 Å². The molecule has 0 aliphatic carbocycles. The van der Waals surface area contributed by atoms with Crippen LogP contribution in [0, 0.1) is 0 Å². The molecule has 0 saturated carbocycles. The van der Waals surface area contributed by atoms with E-state index in [1.165, 1.54) is 38.1 Å². The molecular weight excluding hydrogens is 583 g/mol. The number of aromatic nitrogens is 3. The summed E-state index contributed by atoms with van der Waals surface area (Å²) in [6.07, 6.45) is 0. The van der Waals surface area contributed by atoms with Gasteiger partial charge in [-0.05, 0) is 84.9 Å². The highest BCUT2D eigenvalue weighted by atomic mass is 15.0. The molecule has 9 rings (SSSR count). The molecule has 48 heavy (non-hydrogen) atoms. The topological polar surface area (TPSA) is 38.7 Å². The van der Waals surface area contributed by atoms with E-state index in [1.807, 2.05) is 30.3 Å². The first kappa shape index (κ1) is 27.8. The Labute approximate surface area is 278 Å². The lowest BCUT2D eigenvalue weighted by molar-refractivity contribution is 1.07. The second-order valence-corrected chi connectivity index (χ2v) is 12.2. The molecule has 0 amide bonds. The Morgan fingerprint density at radius 1 is 0.208 bits per heavy atom. The maximum Gasteiger partial charge on any atom is 0.164 e. The highest BCUT2D eigenvalue weighted by Crippen LogP contribution is 2.33. The lowest BCUT2D eigenvalue weighted by Crippen LogP contribution is -2.00. The molecule has 3 nitrogen and oxygen atoms in total. The SMILES string of the molecule is c1ccc(-c2nc(-c3cccc(-c4ccc5cc(-c6ccc7ccccc7c6)ccc5c4)c3)nc(-c3ccc4ccccc4c3)n2)cc1. The second kappa shape index (κ2) is 11.7. The largest absolute Gasteiger partial charge is 0.208 e. The molecule has 3 heteroatoms. The molecule has 0 radical (unpaired) electrons. The first-order chi connectivity index (χ1) is 23.7. The van der Waals surface area contributed by atoms with Crippen molar-refractivity contribution in [3.05, 3.63) is 176 Å². The molecule has 1 aromatic heterocycles. The molecule has 0 fully saturated rings. The van der Waals surface area contributed by atoms with Crippen molar-refractivity contribution in [2.24, 2.45) is 0 Å². The van der Waals surface area contributed by atoms with Crippen LogP contribution in [0.1, 0.15) is 0 Å². The van der Waals surface area contributed by atoms with Gasteiger partial charge in [-0.15, -0.1) is 0 Å². The van der Waals surface area contributed by atoms with E-state index in [4.69, 9.17) is 15.0 Å². The average molecular weight is 612 g/mol. The van der Waals surface area contributed by atoms with E-state index in [0.717, 1.165) is 33.2 Å². The molecule has 0 aliphatic heterocycles. The molecule has 0 saturated heterocycles. The standard InChI is InChI=1S/C45H29N3/c1-2-11-32(12-3-1)43-46-44(48-45(47-43)42-24-18-31-10-5-7-14-34(31)28-42)41-16-8-15-35(29-41)36-20-21-40-27-39(23-22-38(40)26-36)37-19-17-30-9-4-6-13-33(30)25-37/h1-29H. The van der Waals surface area contributed by atoms with Gasteiger partial charge in [0, 0.05) is 16.7 Å². The van der Waals surface area contributed by atoms with Crippen LogP contribution in [-0.4, -0.2) is 15.0 Å². The number of hydrogen-bond acceptors (Lipinski definition) is 3. The van der Waals surface area contributed by atoms with Gasteiger partial charge in [0.25, 0.3) is 0 Å². The Hall–Kier alpha value is -6.45. The van der Waals surface area contributed by atoms with E-state index in [0.29, 0.717) is 17.5 Å². The van der Waals surface area contributed by atoms with Crippen LogP contribution in [0.25, 0.3) is 88.7 Å². The van der Waals surface area contributed by atoms with Crippen molar-refractivity contribution in [2.45, 2.75) is 0 Å². The third kappa shape index (κ3) is 5.28. The summed E-state index contributed by atoms with van der Waals surface area (Å²) in [4.78, 5) is 15.0. The van der Waals surface area contributed by atoms with Gasteiger partial charge in [0.15, 0.2) is 17.5 Å². The average Bonchev–Trinajstić information content (AvgIpc) is 3.17. The van der Waals surface area contributed by atoms with E-state index in [2.05, 4.69) is 146 Å². The highest BCUT2D eigenvalue weighted by Gasteiger charge is 2.14. The Balaban J connectivity index is 1.09. The van der Waals surface area contributed by atoms with Gasteiger partial charge in [0.1, 0.15) is 0 Å². The Kier molecular flexibility index (Phi) is 6.80. The molecule has 0 atom stereocenters. The summed E-state index contributed by atoms with van der Waals surface area (Å²) in [6.45, 7) is 0. The van der Waals surface area contributed by atoms with Crippen LogP contribution in [0.4, 0.5) is 0 Å². The smallest absolute Gasteiger partial charge is 0.164 e. The fourth-order valence-electron chi connectivity index (χ4n) is 6.49. The van der Waals surface area contributed by atoms with Crippen molar-refractivity contribution >= 4 is 32.3 Å². The third-order valence-electron chi connectivity index (χ3n) is 9.05. The van der Waals surface area contributed by atoms with Gasteiger partial charge in [-0.25, -0.2) is 15.0 Å². The van der Waals surface area contributed by atoms with Gasteiger partial charge in [-0.1, -0.05) is 146 Å². The summed E-state index contributed by atoms with van der Waals surface area (Å²) < 4.78 is 0. The minimum absolute atomic E-state index is 0.648. The van der Waals surface area contributed by atoms with E-state index in [1.54, 1.807) is 0 Å². The number of rotatable bonds is 5. The second-order valence-electron chi connectivity index (χ2n) is 12.2. The summed E-state index contributed by atoms with van der Waals surface area (Å²) >= 11 is 0. The minimum Gasteiger partial charge on any atom is -0.208 e. The molecular formula is C45H29N3. The van der Waals surface area contributed by atoms with Crippen LogP contribution >= 0.6 is 0 Å². The third-order valence-corrected chi connectivity index (χ3v) is 9.05. The molecule has 9 aromatic rings. The van der Waals surface area contributed by atoms with Crippen molar-refractivity contribution in [3.8, 4) is 56.4 Å². The summed E-state index contributed by atoms with van der Waals surface area (Å²) in [5.74, 6) is 1.96. The highest BCUT2D eigenvalue weighted by molar-refractivity contribution is 5.93. The molecule has 0 unspecified atom stereocenters. The summed E-state index contributed by atoms with van der Waals surface area (Å²) in [5, 5.41) is 7.27. The van der Waals surface area contributed by atoms with Crippen LogP contribution in [-0.2, 0) is 0 Å². The molecule has 0 N–H and O–H groups in total. The van der Waals surface area contributed by atoms with Crippen LogP contribution < -0.4 is 0 Å². The Morgan fingerprint density at radius 2 is 0.542 bits per heavy atom. The minimum atomic E-state index is 0.648. The van der Waals surface area contributed by atoms with E-state index in [-0.39, 0.29) is 0 Å². The normalized spacial score (nSPS) is 11.3. The van der Waals surface area contributed by atoms with Crippen molar-refractivity contribution in [3.63, 3.8) is 0 Å². The van der Waals surface area contributed by atoms with Crippen LogP contribution in [0.15, 0.2) is 176 Å². The van der Waals surface area contributed by atoms with Crippen LogP contribution in [0.3, 0.4) is 0 Å².